The fraction of sp³-hybridized carbons (Fsp3) is 0.333. The number of likely N-dealkylation sites (tertiary alicyclic amines) is 1. The van der Waals surface area contributed by atoms with E-state index < -0.39 is 0 Å². The number of nitrogens with one attached hydrogen (secondary N) is 1. The Labute approximate surface area is 145 Å². The van der Waals surface area contributed by atoms with Gasteiger partial charge < -0.3 is 15.0 Å². The second-order valence-corrected chi connectivity index (χ2v) is 6.60. The second kappa shape index (κ2) is 7.49. The van der Waals surface area contributed by atoms with Gasteiger partial charge in [0.15, 0.2) is 0 Å². The number of benzene rings is 1. The highest BCUT2D eigenvalue weighted by molar-refractivity contribution is 7.08. The van der Waals surface area contributed by atoms with Crippen molar-refractivity contribution in [1.82, 2.24) is 10.2 Å². The van der Waals surface area contributed by atoms with Crippen molar-refractivity contribution >= 4 is 23.2 Å². The number of ether oxygens (including phenoxy) is 1. The summed E-state index contributed by atoms with van der Waals surface area (Å²) in [4.78, 5) is 26.0. The smallest absolute Gasteiger partial charge is 0.252 e. The molecule has 24 heavy (non-hydrogen) atoms. The fourth-order valence-electron chi connectivity index (χ4n) is 2.80. The average molecular weight is 344 g/mol. The molecule has 1 aliphatic rings. The highest BCUT2D eigenvalue weighted by atomic mass is 32.1. The first-order chi connectivity index (χ1) is 11.7. The molecule has 0 spiro atoms. The lowest BCUT2D eigenvalue weighted by Crippen LogP contribution is -2.37. The van der Waals surface area contributed by atoms with Crippen molar-refractivity contribution in [2.75, 3.05) is 20.2 Å². The first-order valence-corrected chi connectivity index (χ1v) is 8.84. The Morgan fingerprint density at radius 2 is 2.12 bits per heavy atom. The molecule has 0 bridgehead atoms. The van der Waals surface area contributed by atoms with Crippen molar-refractivity contribution in [3.05, 3.63) is 52.2 Å². The van der Waals surface area contributed by atoms with E-state index in [-0.39, 0.29) is 17.9 Å². The van der Waals surface area contributed by atoms with Gasteiger partial charge in [0.25, 0.3) is 5.91 Å². The Morgan fingerprint density at radius 1 is 1.33 bits per heavy atom. The molecule has 0 radical (unpaired) electrons. The maximum atomic E-state index is 12.1. The third-order valence-electron chi connectivity index (χ3n) is 4.16. The van der Waals surface area contributed by atoms with Crippen LogP contribution in [-0.2, 0) is 11.2 Å². The van der Waals surface area contributed by atoms with Crippen molar-refractivity contribution < 1.29 is 14.3 Å². The molecule has 0 saturated carbocycles. The highest BCUT2D eigenvalue weighted by Crippen LogP contribution is 2.16. The Hall–Kier alpha value is -2.34. The number of hydrogen-bond acceptors (Lipinski definition) is 4. The van der Waals surface area contributed by atoms with Crippen LogP contribution < -0.4 is 10.1 Å². The summed E-state index contributed by atoms with van der Waals surface area (Å²) in [5.41, 5.74) is 1.82. The number of nitrogens with zero attached hydrogens (tertiary/aromatic N) is 1. The molecule has 3 rings (SSSR count). The van der Waals surface area contributed by atoms with Gasteiger partial charge in [0, 0.05) is 30.5 Å². The van der Waals surface area contributed by atoms with Crippen molar-refractivity contribution in [2.45, 2.75) is 18.9 Å². The Balaban J connectivity index is 1.50. The lowest BCUT2D eigenvalue weighted by atomic mass is 10.1. The van der Waals surface area contributed by atoms with Gasteiger partial charge in [0.2, 0.25) is 5.91 Å². The zero-order chi connectivity index (χ0) is 16.9. The third-order valence-corrected chi connectivity index (χ3v) is 4.85. The third kappa shape index (κ3) is 3.94. The van der Waals surface area contributed by atoms with Crippen LogP contribution in [0.3, 0.4) is 0 Å². The monoisotopic (exact) mass is 344 g/mol. The van der Waals surface area contributed by atoms with Crippen LogP contribution in [0.2, 0.25) is 0 Å². The number of rotatable bonds is 6. The second-order valence-electron chi connectivity index (χ2n) is 5.82. The quantitative estimate of drug-likeness (QED) is 0.875. The van der Waals surface area contributed by atoms with Crippen LogP contribution in [0.5, 0.6) is 5.75 Å². The first kappa shape index (κ1) is 16.5. The molecule has 1 aromatic heterocycles. The Bertz CT molecular complexity index is 698. The van der Waals surface area contributed by atoms with E-state index in [0.717, 1.165) is 17.7 Å². The summed E-state index contributed by atoms with van der Waals surface area (Å²) in [6, 6.07) is 9.54. The molecule has 126 valence electrons. The number of methoxy groups -OCH3 is 1. The number of amides is 2. The van der Waals surface area contributed by atoms with Crippen LogP contribution in [0, 0.1) is 0 Å². The molecule has 1 N–H and O–H groups in total. The van der Waals surface area contributed by atoms with E-state index in [0.29, 0.717) is 25.1 Å². The van der Waals surface area contributed by atoms with Gasteiger partial charge in [-0.05, 0) is 35.6 Å². The minimum Gasteiger partial charge on any atom is -0.497 e. The standard InChI is InChI=1S/C18H20N2O3S/c1-23-16-4-2-13(3-5-16)6-8-20-11-15(10-17(20)21)19-18(22)14-7-9-24-12-14/h2-5,7,9,12,15H,6,8,10-11H2,1H3,(H,19,22)/t15-/m0/s1. The molecule has 2 amide bonds. The minimum atomic E-state index is -0.110. The lowest BCUT2D eigenvalue weighted by molar-refractivity contribution is -0.127. The molecule has 6 heteroatoms. The maximum absolute atomic E-state index is 12.1. The van der Waals surface area contributed by atoms with Crippen LogP contribution in [-0.4, -0.2) is 43.0 Å². The zero-order valence-corrected chi connectivity index (χ0v) is 14.3. The molecule has 2 heterocycles. The normalized spacial score (nSPS) is 17.1. The van der Waals surface area contributed by atoms with E-state index in [1.807, 2.05) is 39.9 Å². The fourth-order valence-corrected chi connectivity index (χ4v) is 3.44. The summed E-state index contributed by atoms with van der Waals surface area (Å²) in [6.07, 6.45) is 1.17. The van der Waals surface area contributed by atoms with Crippen molar-refractivity contribution in [2.24, 2.45) is 0 Å². The summed E-state index contributed by atoms with van der Waals surface area (Å²) >= 11 is 1.49. The lowest BCUT2D eigenvalue weighted by Gasteiger charge is -2.17. The van der Waals surface area contributed by atoms with Crippen molar-refractivity contribution in [3.8, 4) is 5.75 Å². The molecule has 0 aliphatic carbocycles. The molecule has 5 nitrogen and oxygen atoms in total. The van der Waals surface area contributed by atoms with E-state index in [1.54, 1.807) is 13.2 Å². The van der Waals surface area contributed by atoms with Crippen LogP contribution >= 0.6 is 11.3 Å². The zero-order valence-electron chi connectivity index (χ0n) is 13.5. The van der Waals surface area contributed by atoms with Crippen LogP contribution in [0.1, 0.15) is 22.3 Å². The predicted octanol–water partition coefficient (Wildman–Crippen LogP) is 2.33. The molecule has 1 aromatic carbocycles. The van der Waals surface area contributed by atoms with Crippen LogP contribution in [0.4, 0.5) is 0 Å². The van der Waals surface area contributed by atoms with Gasteiger partial charge in [0.1, 0.15) is 5.75 Å². The summed E-state index contributed by atoms with van der Waals surface area (Å²) in [7, 11) is 1.64. The molecule has 1 fully saturated rings. The average Bonchev–Trinajstić information content (AvgIpc) is 3.23. The van der Waals surface area contributed by atoms with Gasteiger partial charge in [-0.25, -0.2) is 0 Å². The Kier molecular flexibility index (Phi) is 5.15. The summed E-state index contributed by atoms with van der Waals surface area (Å²) < 4.78 is 5.14. The number of carbonyl (C=O) groups is 2. The first-order valence-electron chi connectivity index (χ1n) is 7.89. The van der Waals surface area contributed by atoms with Crippen molar-refractivity contribution in [1.29, 1.82) is 0 Å². The summed E-state index contributed by atoms with van der Waals surface area (Å²) in [6.45, 7) is 1.24. The van der Waals surface area contributed by atoms with E-state index >= 15 is 0 Å². The van der Waals surface area contributed by atoms with Crippen molar-refractivity contribution in [3.63, 3.8) is 0 Å². The molecular formula is C18H20N2O3S. The largest absolute Gasteiger partial charge is 0.497 e. The van der Waals surface area contributed by atoms with E-state index in [4.69, 9.17) is 4.74 Å². The van der Waals surface area contributed by atoms with Gasteiger partial charge in [-0.3, -0.25) is 9.59 Å². The van der Waals surface area contributed by atoms with Crippen LogP contribution in [0.25, 0.3) is 0 Å². The highest BCUT2D eigenvalue weighted by Gasteiger charge is 2.30. The number of carbonyl (C=O) groups excluding carboxylic acids is 2. The maximum Gasteiger partial charge on any atom is 0.252 e. The van der Waals surface area contributed by atoms with Gasteiger partial charge in [-0.15, -0.1) is 0 Å². The summed E-state index contributed by atoms with van der Waals surface area (Å²) in [5.74, 6) is 0.817. The minimum absolute atomic E-state index is 0.0964. The molecule has 2 aromatic rings. The number of hydrogen-bond donors (Lipinski definition) is 1. The molecule has 1 aliphatic heterocycles. The predicted molar refractivity (Wildman–Crippen MR) is 93.5 cm³/mol. The van der Waals surface area contributed by atoms with E-state index in [1.165, 1.54) is 11.3 Å². The summed E-state index contributed by atoms with van der Waals surface area (Å²) in [5, 5.41) is 6.63. The molecular weight excluding hydrogens is 324 g/mol. The molecule has 0 unspecified atom stereocenters. The number of thiophene rings is 1. The topological polar surface area (TPSA) is 58.6 Å². The van der Waals surface area contributed by atoms with Gasteiger partial charge in [-0.1, -0.05) is 12.1 Å². The van der Waals surface area contributed by atoms with E-state index in [9.17, 15) is 9.59 Å². The van der Waals surface area contributed by atoms with Crippen LogP contribution in [0.15, 0.2) is 41.1 Å². The van der Waals surface area contributed by atoms with Gasteiger partial charge >= 0.3 is 0 Å². The Morgan fingerprint density at radius 3 is 2.79 bits per heavy atom. The van der Waals surface area contributed by atoms with E-state index in [2.05, 4.69) is 5.32 Å². The van der Waals surface area contributed by atoms with Gasteiger partial charge in [0.05, 0.1) is 13.2 Å². The SMILES string of the molecule is COc1ccc(CCN2C[C@@H](NC(=O)c3ccsc3)CC2=O)cc1. The van der Waals surface area contributed by atoms with Gasteiger partial charge in [-0.2, -0.15) is 11.3 Å². The molecule has 1 atom stereocenters. The molecule has 1 saturated heterocycles.